The van der Waals surface area contributed by atoms with Crippen molar-refractivity contribution in [2.75, 3.05) is 13.6 Å². The molecule has 2 rings (SSSR count). The Morgan fingerprint density at radius 3 is 2.35 bits per heavy atom. The lowest BCUT2D eigenvalue weighted by molar-refractivity contribution is 0.147. The molecule has 1 heteroatoms. The zero-order valence-corrected chi connectivity index (χ0v) is 11.9. The van der Waals surface area contributed by atoms with Crippen LogP contribution in [0.4, 0.5) is 0 Å². The molecule has 0 aromatic carbocycles. The van der Waals surface area contributed by atoms with Gasteiger partial charge >= 0.3 is 0 Å². The molecule has 0 heterocycles. The third-order valence-corrected chi connectivity index (χ3v) is 5.40. The van der Waals surface area contributed by atoms with Gasteiger partial charge in [-0.05, 0) is 56.5 Å². The van der Waals surface area contributed by atoms with Crippen molar-refractivity contribution >= 4 is 0 Å². The van der Waals surface area contributed by atoms with E-state index in [0.29, 0.717) is 0 Å². The van der Waals surface area contributed by atoms with Crippen molar-refractivity contribution in [3.05, 3.63) is 0 Å². The van der Waals surface area contributed by atoms with Crippen LogP contribution in [0.2, 0.25) is 0 Å². The fraction of sp³-hybridized carbons (Fsp3) is 1.00. The van der Waals surface area contributed by atoms with Gasteiger partial charge in [0.1, 0.15) is 0 Å². The van der Waals surface area contributed by atoms with Crippen LogP contribution in [0, 0.1) is 23.7 Å². The van der Waals surface area contributed by atoms with Crippen LogP contribution in [0.5, 0.6) is 0 Å². The largest absolute Gasteiger partial charge is 0.319 e. The average molecular weight is 237 g/mol. The Bertz CT molecular complexity index is 208. The van der Waals surface area contributed by atoms with Crippen molar-refractivity contribution in [2.24, 2.45) is 23.7 Å². The predicted octanol–water partition coefficient (Wildman–Crippen LogP) is 4.23. The summed E-state index contributed by atoms with van der Waals surface area (Å²) in [7, 11) is 2.12. The molecular formula is C16H31N. The molecule has 0 aromatic rings. The highest BCUT2D eigenvalue weighted by atomic mass is 14.8. The minimum absolute atomic E-state index is 0.975. The number of hydrogen-bond donors (Lipinski definition) is 1. The van der Waals surface area contributed by atoms with Gasteiger partial charge in [0.05, 0.1) is 0 Å². The zero-order chi connectivity index (χ0) is 12.1. The van der Waals surface area contributed by atoms with Gasteiger partial charge < -0.3 is 5.32 Å². The fourth-order valence-corrected chi connectivity index (χ4v) is 4.29. The van der Waals surface area contributed by atoms with Crippen molar-refractivity contribution in [2.45, 2.75) is 64.7 Å². The molecule has 0 aromatic heterocycles. The second kappa shape index (κ2) is 6.78. The Morgan fingerprint density at radius 1 is 0.941 bits per heavy atom. The van der Waals surface area contributed by atoms with Crippen molar-refractivity contribution in [1.82, 2.24) is 5.32 Å². The van der Waals surface area contributed by atoms with Crippen molar-refractivity contribution in [3.63, 3.8) is 0 Å². The highest BCUT2D eigenvalue weighted by molar-refractivity contribution is 4.83. The van der Waals surface area contributed by atoms with Crippen LogP contribution in [0.25, 0.3) is 0 Å². The van der Waals surface area contributed by atoms with Crippen LogP contribution in [-0.2, 0) is 0 Å². The van der Waals surface area contributed by atoms with Gasteiger partial charge in [-0.25, -0.2) is 0 Å². The van der Waals surface area contributed by atoms with E-state index < -0.39 is 0 Å². The van der Waals surface area contributed by atoms with Gasteiger partial charge in [0.2, 0.25) is 0 Å². The van der Waals surface area contributed by atoms with E-state index in [4.69, 9.17) is 0 Å². The smallest absolute Gasteiger partial charge is 0.00209 e. The third kappa shape index (κ3) is 3.71. The van der Waals surface area contributed by atoms with E-state index in [9.17, 15) is 0 Å². The number of nitrogens with one attached hydrogen (secondary N) is 1. The summed E-state index contributed by atoms with van der Waals surface area (Å²) in [5.41, 5.74) is 0. The molecule has 0 spiro atoms. The van der Waals surface area contributed by atoms with Crippen LogP contribution < -0.4 is 5.32 Å². The summed E-state index contributed by atoms with van der Waals surface area (Å²) >= 11 is 0. The van der Waals surface area contributed by atoms with Crippen molar-refractivity contribution in [1.29, 1.82) is 0 Å². The first-order valence-corrected chi connectivity index (χ1v) is 7.98. The maximum atomic E-state index is 3.43. The Kier molecular flexibility index (Phi) is 5.34. The van der Waals surface area contributed by atoms with E-state index in [1.807, 2.05) is 0 Å². The molecule has 100 valence electrons. The van der Waals surface area contributed by atoms with E-state index in [1.54, 1.807) is 6.42 Å². The normalized spacial score (nSPS) is 35.3. The molecule has 0 aliphatic heterocycles. The molecule has 2 aliphatic rings. The monoisotopic (exact) mass is 237 g/mol. The summed E-state index contributed by atoms with van der Waals surface area (Å²) in [5.74, 6) is 4.12. The maximum Gasteiger partial charge on any atom is -0.00209 e. The first-order chi connectivity index (χ1) is 8.33. The Morgan fingerprint density at radius 2 is 1.71 bits per heavy atom. The summed E-state index contributed by atoms with van der Waals surface area (Å²) in [6.45, 7) is 3.64. The molecule has 3 atom stereocenters. The van der Waals surface area contributed by atoms with Crippen molar-refractivity contribution < 1.29 is 0 Å². The second-order valence-electron chi connectivity index (χ2n) is 6.55. The van der Waals surface area contributed by atoms with E-state index in [0.717, 1.165) is 23.7 Å². The Balaban J connectivity index is 1.87. The minimum atomic E-state index is 0.975. The lowest BCUT2D eigenvalue weighted by Crippen LogP contribution is -2.32. The second-order valence-corrected chi connectivity index (χ2v) is 6.55. The van der Waals surface area contributed by atoms with Gasteiger partial charge in [0.15, 0.2) is 0 Å². The summed E-state index contributed by atoms with van der Waals surface area (Å²) in [6.07, 6.45) is 13.5. The van der Waals surface area contributed by atoms with E-state index >= 15 is 0 Å². The van der Waals surface area contributed by atoms with Crippen LogP contribution in [-0.4, -0.2) is 13.6 Å². The molecule has 2 aliphatic carbocycles. The van der Waals surface area contributed by atoms with Gasteiger partial charge in [-0.2, -0.15) is 0 Å². The highest BCUT2D eigenvalue weighted by Crippen LogP contribution is 2.41. The molecule has 2 saturated carbocycles. The summed E-state index contributed by atoms with van der Waals surface area (Å²) in [5, 5.41) is 3.43. The van der Waals surface area contributed by atoms with Crippen LogP contribution in [0.15, 0.2) is 0 Å². The SMILES string of the molecule is CCC1CCC(CNC)C(CC2CCCC2)C1. The molecular weight excluding hydrogens is 206 g/mol. The Hall–Kier alpha value is -0.0400. The molecule has 2 fully saturated rings. The van der Waals surface area contributed by atoms with Gasteiger partial charge in [0, 0.05) is 0 Å². The molecule has 0 amide bonds. The first kappa shape index (κ1) is 13.4. The number of rotatable bonds is 5. The molecule has 0 radical (unpaired) electrons. The minimum Gasteiger partial charge on any atom is -0.319 e. The molecule has 3 unspecified atom stereocenters. The van der Waals surface area contributed by atoms with Crippen molar-refractivity contribution in [3.8, 4) is 0 Å². The van der Waals surface area contributed by atoms with Crippen LogP contribution in [0.1, 0.15) is 64.7 Å². The van der Waals surface area contributed by atoms with E-state index in [2.05, 4.69) is 19.3 Å². The fourth-order valence-electron chi connectivity index (χ4n) is 4.29. The van der Waals surface area contributed by atoms with Gasteiger partial charge in [0.25, 0.3) is 0 Å². The standard InChI is InChI=1S/C16H31N/c1-3-13-8-9-15(12-17-2)16(10-13)11-14-6-4-5-7-14/h13-17H,3-12H2,1-2H3. The van der Waals surface area contributed by atoms with E-state index in [-0.39, 0.29) is 0 Å². The molecule has 0 saturated heterocycles. The van der Waals surface area contributed by atoms with E-state index in [1.165, 1.54) is 57.9 Å². The first-order valence-electron chi connectivity index (χ1n) is 7.98. The van der Waals surface area contributed by atoms with Crippen LogP contribution in [0.3, 0.4) is 0 Å². The lowest BCUT2D eigenvalue weighted by Gasteiger charge is -2.37. The zero-order valence-electron chi connectivity index (χ0n) is 11.9. The number of hydrogen-bond acceptors (Lipinski definition) is 1. The summed E-state index contributed by atoms with van der Waals surface area (Å²) < 4.78 is 0. The third-order valence-electron chi connectivity index (χ3n) is 5.40. The molecule has 1 nitrogen and oxygen atoms in total. The summed E-state index contributed by atoms with van der Waals surface area (Å²) in [6, 6.07) is 0. The molecule has 0 bridgehead atoms. The van der Waals surface area contributed by atoms with Crippen LogP contribution >= 0.6 is 0 Å². The topological polar surface area (TPSA) is 12.0 Å². The Labute approximate surface area is 108 Å². The highest BCUT2D eigenvalue weighted by Gasteiger charge is 2.31. The summed E-state index contributed by atoms with van der Waals surface area (Å²) in [4.78, 5) is 0. The average Bonchev–Trinajstić information content (AvgIpc) is 2.84. The van der Waals surface area contributed by atoms with Gasteiger partial charge in [-0.3, -0.25) is 0 Å². The van der Waals surface area contributed by atoms with Gasteiger partial charge in [-0.15, -0.1) is 0 Å². The predicted molar refractivity (Wildman–Crippen MR) is 75.1 cm³/mol. The molecule has 1 N–H and O–H groups in total. The molecule has 17 heavy (non-hydrogen) atoms. The van der Waals surface area contributed by atoms with Gasteiger partial charge in [-0.1, -0.05) is 45.4 Å². The maximum absolute atomic E-state index is 3.43. The quantitative estimate of drug-likeness (QED) is 0.754. The lowest BCUT2D eigenvalue weighted by atomic mass is 9.70.